The van der Waals surface area contributed by atoms with Crippen molar-refractivity contribution in [3.8, 4) is 0 Å². The molecule has 2 bridgehead atoms. The molecule has 0 aliphatic carbocycles. The molecule has 2 heterocycles. The molecular formula is C11H20N2O2. The van der Waals surface area contributed by atoms with E-state index in [-0.39, 0.29) is 11.7 Å². The average Bonchev–Trinajstić information content (AvgIpc) is 2.45. The minimum Gasteiger partial charge on any atom is -0.444 e. The van der Waals surface area contributed by atoms with Gasteiger partial charge in [-0.15, -0.1) is 0 Å². The van der Waals surface area contributed by atoms with Gasteiger partial charge in [-0.05, 0) is 33.6 Å². The van der Waals surface area contributed by atoms with Crippen molar-refractivity contribution in [2.75, 3.05) is 13.1 Å². The van der Waals surface area contributed by atoms with Crippen molar-refractivity contribution in [2.45, 2.75) is 51.3 Å². The van der Waals surface area contributed by atoms with Gasteiger partial charge in [0, 0.05) is 25.2 Å². The number of ether oxygens (including phenoxy) is 1. The van der Waals surface area contributed by atoms with Gasteiger partial charge in [-0.3, -0.25) is 0 Å². The normalized spacial score (nSPS) is 30.5. The summed E-state index contributed by atoms with van der Waals surface area (Å²) in [6.45, 7) is 7.47. The van der Waals surface area contributed by atoms with Crippen LogP contribution >= 0.6 is 0 Å². The number of likely N-dealkylation sites (tertiary alicyclic amines) is 1. The molecule has 2 fully saturated rings. The van der Waals surface area contributed by atoms with Crippen LogP contribution < -0.4 is 5.32 Å². The Morgan fingerprint density at radius 3 is 2.87 bits per heavy atom. The third-order valence-electron chi connectivity index (χ3n) is 2.99. The lowest BCUT2D eigenvalue weighted by Gasteiger charge is -2.34. The van der Waals surface area contributed by atoms with E-state index in [1.54, 1.807) is 0 Å². The number of nitrogens with one attached hydrogen (secondary N) is 1. The number of carbonyl (C=O) groups excluding carboxylic acids is 1. The second-order valence-electron chi connectivity index (χ2n) is 5.46. The number of rotatable bonds is 0. The third kappa shape index (κ3) is 2.43. The van der Waals surface area contributed by atoms with Gasteiger partial charge >= 0.3 is 6.09 Å². The molecule has 2 rings (SSSR count). The summed E-state index contributed by atoms with van der Waals surface area (Å²) in [5.74, 6) is 0. The number of amides is 1. The largest absolute Gasteiger partial charge is 0.444 e. The van der Waals surface area contributed by atoms with Crippen LogP contribution in [0.5, 0.6) is 0 Å². The lowest BCUT2D eigenvalue weighted by atomic mass is 10.0. The predicted octanol–water partition coefficient (Wildman–Crippen LogP) is 1.36. The standard InChI is InChI=1S/C11H20N2O2/c1-11(2,3)15-10(14)13-5-4-8-6-9(13)7-12-8/h8-9,12H,4-7H2,1-3H3. The fourth-order valence-electron chi connectivity index (χ4n) is 2.29. The fraction of sp³-hybridized carbons (Fsp3) is 0.909. The minimum atomic E-state index is -0.389. The monoisotopic (exact) mass is 212 g/mol. The Bertz CT molecular complexity index is 260. The number of hydrogen-bond acceptors (Lipinski definition) is 3. The second kappa shape index (κ2) is 3.67. The van der Waals surface area contributed by atoms with E-state index in [4.69, 9.17) is 4.74 Å². The van der Waals surface area contributed by atoms with Gasteiger partial charge in [-0.25, -0.2) is 4.79 Å². The molecular weight excluding hydrogens is 192 g/mol. The Labute approximate surface area is 91.0 Å². The molecule has 1 N–H and O–H groups in total. The lowest BCUT2D eigenvalue weighted by Crippen LogP contribution is -2.46. The zero-order chi connectivity index (χ0) is 11.1. The number of nitrogens with zero attached hydrogens (tertiary/aromatic N) is 1. The molecule has 0 spiro atoms. The van der Waals surface area contributed by atoms with Crippen molar-refractivity contribution in [1.82, 2.24) is 10.2 Å². The van der Waals surface area contributed by atoms with Gasteiger partial charge < -0.3 is 15.0 Å². The molecule has 4 nitrogen and oxygen atoms in total. The number of piperidine rings is 1. The summed E-state index contributed by atoms with van der Waals surface area (Å²) in [6.07, 6.45) is 1.98. The van der Waals surface area contributed by atoms with Crippen molar-refractivity contribution in [1.29, 1.82) is 0 Å². The molecule has 86 valence electrons. The second-order valence-corrected chi connectivity index (χ2v) is 5.46. The van der Waals surface area contributed by atoms with Crippen LogP contribution in [0.1, 0.15) is 33.6 Å². The molecule has 0 aromatic rings. The smallest absolute Gasteiger partial charge is 0.410 e. The van der Waals surface area contributed by atoms with E-state index in [0.717, 1.165) is 25.9 Å². The number of hydrogen-bond donors (Lipinski definition) is 1. The summed E-state index contributed by atoms with van der Waals surface area (Å²) < 4.78 is 5.39. The molecule has 2 atom stereocenters. The van der Waals surface area contributed by atoms with E-state index in [0.29, 0.717) is 12.1 Å². The van der Waals surface area contributed by atoms with Crippen LogP contribution in [0, 0.1) is 0 Å². The van der Waals surface area contributed by atoms with Crippen LogP contribution in [0.15, 0.2) is 0 Å². The maximum absolute atomic E-state index is 11.9. The summed E-state index contributed by atoms with van der Waals surface area (Å²) in [6, 6.07) is 0.965. The van der Waals surface area contributed by atoms with Crippen LogP contribution in [-0.2, 0) is 4.74 Å². The van der Waals surface area contributed by atoms with Crippen molar-refractivity contribution in [2.24, 2.45) is 0 Å². The summed E-state index contributed by atoms with van der Waals surface area (Å²) in [5, 5.41) is 3.42. The zero-order valence-electron chi connectivity index (χ0n) is 9.75. The number of carbonyl (C=O) groups is 1. The van der Waals surface area contributed by atoms with Crippen molar-refractivity contribution < 1.29 is 9.53 Å². The van der Waals surface area contributed by atoms with Crippen LogP contribution in [0.25, 0.3) is 0 Å². The highest BCUT2D eigenvalue weighted by atomic mass is 16.6. The van der Waals surface area contributed by atoms with Crippen LogP contribution in [-0.4, -0.2) is 41.8 Å². The van der Waals surface area contributed by atoms with Gasteiger partial charge in [0.25, 0.3) is 0 Å². The van der Waals surface area contributed by atoms with E-state index in [9.17, 15) is 4.79 Å². The van der Waals surface area contributed by atoms with E-state index in [1.165, 1.54) is 0 Å². The molecule has 4 heteroatoms. The summed E-state index contributed by atoms with van der Waals surface area (Å²) in [7, 11) is 0. The quantitative estimate of drug-likeness (QED) is 0.659. The maximum atomic E-state index is 11.9. The molecule has 15 heavy (non-hydrogen) atoms. The van der Waals surface area contributed by atoms with E-state index < -0.39 is 0 Å². The Kier molecular flexibility index (Phi) is 2.63. The Hall–Kier alpha value is -0.770. The van der Waals surface area contributed by atoms with E-state index in [2.05, 4.69) is 5.32 Å². The third-order valence-corrected chi connectivity index (χ3v) is 2.99. The Morgan fingerprint density at radius 2 is 2.20 bits per heavy atom. The topological polar surface area (TPSA) is 41.6 Å². The average molecular weight is 212 g/mol. The van der Waals surface area contributed by atoms with Crippen LogP contribution in [0.4, 0.5) is 4.79 Å². The molecule has 0 saturated carbocycles. The van der Waals surface area contributed by atoms with Crippen molar-refractivity contribution in [3.63, 3.8) is 0 Å². The number of fused-ring (bicyclic) bond motifs is 2. The minimum absolute atomic E-state index is 0.158. The highest BCUT2D eigenvalue weighted by Gasteiger charge is 2.37. The van der Waals surface area contributed by atoms with Gasteiger partial charge in [-0.1, -0.05) is 0 Å². The Morgan fingerprint density at radius 1 is 1.47 bits per heavy atom. The zero-order valence-corrected chi connectivity index (χ0v) is 9.75. The van der Waals surface area contributed by atoms with Gasteiger partial charge in [0.1, 0.15) is 5.60 Å². The Balaban J connectivity index is 1.95. The predicted molar refractivity (Wildman–Crippen MR) is 57.8 cm³/mol. The first-order valence-electron chi connectivity index (χ1n) is 5.69. The molecule has 2 unspecified atom stereocenters. The van der Waals surface area contributed by atoms with Gasteiger partial charge in [0.15, 0.2) is 0 Å². The molecule has 0 aromatic heterocycles. The summed E-state index contributed by atoms with van der Waals surface area (Å²) in [5.41, 5.74) is -0.389. The highest BCUT2D eigenvalue weighted by molar-refractivity contribution is 5.68. The highest BCUT2D eigenvalue weighted by Crippen LogP contribution is 2.24. The fourth-order valence-corrected chi connectivity index (χ4v) is 2.29. The summed E-state index contributed by atoms with van der Waals surface area (Å²) in [4.78, 5) is 13.8. The summed E-state index contributed by atoms with van der Waals surface area (Å²) >= 11 is 0. The first-order valence-corrected chi connectivity index (χ1v) is 5.69. The van der Waals surface area contributed by atoms with Crippen LogP contribution in [0.2, 0.25) is 0 Å². The first kappa shape index (κ1) is 10.7. The van der Waals surface area contributed by atoms with Gasteiger partial charge in [0.2, 0.25) is 0 Å². The van der Waals surface area contributed by atoms with E-state index in [1.807, 2.05) is 25.7 Å². The lowest BCUT2D eigenvalue weighted by molar-refractivity contribution is 0.0142. The SMILES string of the molecule is CC(C)(C)OC(=O)N1CCC2CC1CN2. The molecule has 1 amide bonds. The van der Waals surface area contributed by atoms with Crippen molar-refractivity contribution in [3.05, 3.63) is 0 Å². The van der Waals surface area contributed by atoms with Crippen molar-refractivity contribution >= 4 is 6.09 Å². The van der Waals surface area contributed by atoms with Crippen LogP contribution in [0.3, 0.4) is 0 Å². The van der Waals surface area contributed by atoms with Gasteiger partial charge in [-0.2, -0.15) is 0 Å². The molecule has 2 aliphatic rings. The first-order chi connectivity index (χ1) is 6.96. The van der Waals surface area contributed by atoms with Gasteiger partial charge in [0.05, 0.1) is 0 Å². The molecule has 2 saturated heterocycles. The maximum Gasteiger partial charge on any atom is 0.410 e. The molecule has 2 aliphatic heterocycles. The molecule has 0 radical (unpaired) electrons. The molecule has 0 aromatic carbocycles. The van der Waals surface area contributed by atoms with E-state index >= 15 is 0 Å².